The SMILES string of the molecule is COC(=O)c1ccccc1NC(=O)c1cccc(S(=O)(=O)Nc2ccc(Br)cc2)c1. The van der Waals surface area contributed by atoms with Gasteiger partial charge >= 0.3 is 5.97 Å². The largest absolute Gasteiger partial charge is 0.465 e. The van der Waals surface area contributed by atoms with E-state index < -0.39 is 21.9 Å². The van der Waals surface area contributed by atoms with Crippen LogP contribution in [0.2, 0.25) is 0 Å². The lowest BCUT2D eigenvalue weighted by Gasteiger charge is -2.11. The molecule has 0 aliphatic carbocycles. The summed E-state index contributed by atoms with van der Waals surface area (Å²) in [7, 11) is -2.66. The Hall–Kier alpha value is -3.17. The standard InChI is InChI=1S/C21H17BrN2O5S/c1-29-21(26)18-7-2-3-8-19(18)23-20(25)14-5-4-6-17(13-14)30(27,28)24-16-11-9-15(22)10-12-16/h2-13,24H,1H3,(H,23,25). The molecule has 154 valence electrons. The van der Waals surface area contributed by atoms with E-state index in [0.717, 1.165) is 4.47 Å². The molecule has 2 N–H and O–H groups in total. The van der Waals surface area contributed by atoms with Gasteiger partial charge in [-0.2, -0.15) is 0 Å². The molecule has 0 saturated heterocycles. The molecule has 0 atom stereocenters. The maximum absolute atomic E-state index is 12.7. The number of ether oxygens (including phenoxy) is 1. The Balaban J connectivity index is 1.84. The van der Waals surface area contributed by atoms with Gasteiger partial charge in [0.05, 0.1) is 23.3 Å². The van der Waals surface area contributed by atoms with Crippen molar-refractivity contribution in [2.24, 2.45) is 0 Å². The molecule has 9 heteroatoms. The van der Waals surface area contributed by atoms with Gasteiger partial charge in [0.15, 0.2) is 0 Å². The summed E-state index contributed by atoms with van der Waals surface area (Å²) in [6.07, 6.45) is 0. The molecule has 1 amide bonds. The molecule has 0 saturated carbocycles. The zero-order chi connectivity index (χ0) is 21.7. The third-order valence-corrected chi connectivity index (χ3v) is 5.99. The van der Waals surface area contributed by atoms with E-state index in [1.807, 2.05) is 0 Å². The molecule has 0 aliphatic rings. The third kappa shape index (κ3) is 5.05. The molecule has 30 heavy (non-hydrogen) atoms. The Kier molecular flexibility index (Phi) is 6.53. The first-order valence-corrected chi connectivity index (χ1v) is 10.9. The first-order chi connectivity index (χ1) is 14.3. The van der Waals surface area contributed by atoms with Crippen molar-refractivity contribution < 1.29 is 22.7 Å². The van der Waals surface area contributed by atoms with E-state index in [-0.39, 0.29) is 21.7 Å². The van der Waals surface area contributed by atoms with Crippen LogP contribution in [-0.2, 0) is 14.8 Å². The number of carbonyl (C=O) groups is 2. The number of benzene rings is 3. The number of carbonyl (C=O) groups excluding carboxylic acids is 2. The van der Waals surface area contributed by atoms with Crippen molar-refractivity contribution in [2.75, 3.05) is 17.1 Å². The minimum atomic E-state index is -3.90. The maximum Gasteiger partial charge on any atom is 0.339 e. The summed E-state index contributed by atoms with van der Waals surface area (Å²) < 4.78 is 33.4. The fourth-order valence-corrected chi connectivity index (χ4v) is 3.98. The van der Waals surface area contributed by atoms with Gasteiger partial charge in [-0.1, -0.05) is 34.1 Å². The van der Waals surface area contributed by atoms with Gasteiger partial charge < -0.3 is 10.1 Å². The van der Waals surface area contributed by atoms with Crippen molar-refractivity contribution in [2.45, 2.75) is 4.90 Å². The normalized spacial score (nSPS) is 10.9. The van der Waals surface area contributed by atoms with Crippen LogP contribution in [0.5, 0.6) is 0 Å². The number of sulfonamides is 1. The summed E-state index contributed by atoms with van der Waals surface area (Å²) in [4.78, 5) is 24.5. The molecule has 0 aromatic heterocycles. The summed E-state index contributed by atoms with van der Waals surface area (Å²) in [6.45, 7) is 0. The lowest BCUT2D eigenvalue weighted by molar-refractivity contribution is 0.0602. The van der Waals surface area contributed by atoms with E-state index in [4.69, 9.17) is 4.74 Å². The Labute approximate surface area is 182 Å². The van der Waals surface area contributed by atoms with Crippen molar-refractivity contribution in [1.29, 1.82) is 0 Å². The Morgan fingerprint density at radius 1 is 0.933 bits per heavy atom. The molecule has 7 nitrogen and oxygen atoms in total. The lowest BCUT2D eigenvalue weighted by Crippen LogP contribution is -2.17. The molecule has 3 aromatic rings. The second-order valence-electron chi connectivity index (χ2n) is 6.13. The average molecular weight is 489 g/mol. The van der Waals surface area contributed by atoms with Gasteiger partial charge in [-0.25, -0.2) is 13.2 Å². The first kappa shape index (κ1) is 21.5. The zero-order valence-electron chi connectivity index (χ0n) is 15.8. The molecule has 3 rings (SSSR count). The number of anilines is 2. The molecule has 0 heterocycles. The molecule has 3 aromatic carbocycles. The number of hydrogen-bond donors (Lipinski definition) is 2. The van der Waals surface area contributed by atoms with Crippen LogP contribution in [0.3, 0.4) is 0 Å². The number of para-hydroxylation sites is 1. The number of rotatable bonds is 6. The fraction of sp³-hybridized carbons (Fsp3) is 0.0476. The van der Waals surface area contributed by atoms with Crippen LogP contribution in [0.15, 0.2) is 82.2 Å². The number of nitrogens with one attached hydrogen (secondary N) is 2. The maximum atomic E-state index is 12.7. The molecule has 0 bridgehead atoms. The molecular formula is C21H17BrN2O5S. The van der Waals surface area contributed by atoms with Crippen molar-refractivity contribution in [3.8, 4) is 0 Å². The zero-order valence-corrected chi connectivity index (χ0v) is 18.2. The van der Waals surface area contributed by atoms with E-state index in [1.165, 1.54) is 37.4 Å². The minimum absolute atomic E-state index is 0.0701. The highest BCUT2D eigenvalue weighted by atomic mass is 79.9. The monoisotopic (exact) mass is 488 g/mol. The second-order valence-corrected chi connectivity index (χ2v) is 8.73. The lowest BCUT2D eigenvalue weighted by atomic mass is 10.1. The van der Waals surface area contributed by atoms with Gasteiger partial charge in [-0.15, -0.1) is 0 Å². The van der Waals surface area contributed by atoms with Gasteiger partial charge in [0.25, 0.3) is 15.9 Å². The molecule has 0 aliphatic heterocycles. The third-order valence-electron chi connectivity index (χ3n) is 4.08. The summed E-state index contributed by atoms with van der Waals surface area (Å²) in [5.41, 5.74) is 0.957. The van der Waals surface area contributed by atoms with E-state index in [0.29, 0.717) is 5.69 Å². The van der Waals surface area contributed by atoms with Crippen LogP contribution in [0.25, 0.3) is 0 Å². The van der Waals surface area contributed by atoms with E-state index in [1.54, 1.807) is 42.5 Å². The summed E-state index contributed by atoms with van der Waals surface area (Å²) in [6, 6.07) is 18.6. The highest BCUT2D eigenvalue weighted by Gasteiger charge is 2.18. The van der Waals surface area contributed by atoms with Gasteiger partial charge in [-0.05, 0) is 54.6 Å². The number of methoxy groups -OCH3 is 1. The minimum Gasteiger partial charge on any atom is -0.465 e. The van der Waals surface area contributed by atoms with Crippen molar-refractivity contribution >= 4 is 49.2 Å². The van der Waals surface area contributed by atoms with E-state index >= 15 is 0 Å². The topological polar surface area (TPSA) is 102 Å². The van der Waals surface area contributed by atoms with Gasteiger partial charge in [0.1, 0.15) is 0 Å². The van der Waals surface area contributed by atoms with Crippen molar-refractivity contribution in [1.82, 2.24) is 0 Å². The number of esters is 1. The van der Waals surface area contributed by atoms with Gasteiger partial charge in [-0.3, -0.25) is 9.52 Å². The van der Waals surface area contributed by atoms with E-state index in [2.05, 4.69) is 26.0 Å². The number of halogens is 1. The second kappa shape index (κ2) is 9.10. The van der Waals surface area contributed by atoms with Crippen LogP contribution in [0, 0.1) is 0 Å². The predicted molar refractivity (Wildman–Crippen MR) is 117 cm³/mol. The van der Waals surface area contributed by atoms with Crippen LogP contribution in [0.4, 0.5) is 11.4 Å². The first-order valence-electron chi connectivity index (χ1n) is 8.67. The van der Waals surface area contributed by atoms with Gasteiger partial charge in [0.2, 0.25) is 0 Å². The highest BCUT2D eigenvalue weighted by molar-refractivity contribution is 9.10. The van der Waals surface area contributed by atoms with Crippen molar-refractivity contribution in [3.63, 3.8) is 0 Å². The smallest absolute Gasteiger partial charge is 0.339 e. The van der Waals surface area contributed by atoms with E-state index in [9.17, 15) is 18.0 Å². The van der Waals surface area contributed by atoms with Crippen LogP contribution in [0.1, 0.15) is 20.7 Å². The molecule has 0 radical (unpaired) electrons. The average Bonchev–Trinajstić information content (AvgIpc) is 2.75. The van der Waals surface area contributed by atoms with Gasteiger partial charge in [0, 0.05) is 15.7 Å². The van der Waals surface area contributed by atoms with Crippen LogP contribution < -0.4 is 10.0 Å². The fourth-order valence-electron chi connectivity index (χ4n) is 2.61. The highest BCUT2D eigenvalue weighted by Crippen LogP contribution is 2.21. The summed E-state index contributed by atoms with van der Waals surface area (Å²) in [5.74, 6) is -1.16. The number of hydrogen-bond acceptors (Lipinski definition) is 5. The molecular weight excluding hydrogens is 472 g/mol. The van der Waals surface area contributed by atoms with Crippen molar-refractivity contribution in [3.05, 3.63) is 88.4 Å². The Morgan fingerprint density at radius 3 is 2.33 bits per heavy atom. The molecule has 0 unspecified atom stereocenters. The van der Waals surface area contributed by atoms with Crippen LogP contribution in [-0.4, -0.2) is 27.4 Å². The number of amides is 1. The predicted octanol–water partition coefficient (Wildman–Crippen LogP) is 4.29. The summed E-state index contributed by atoms with van der Waals surface area (Å²) in [5, 5.41) is 2.62. The molecule has 0 spiro atoms. The summed E-state index contributed by atoms with van der Waals surface area (Å²) >= 11 is 3.29. The Morgan fingerprint density at radius 2 is 1.63 bits per heavy atom. The quantitative estimate of drug-likeness (QED) is 0.503. The van der Waals surface area contributed by atoms with Crippen LogP contribution >= 0.6 is 15.9 Å². The molecule has 0 fully saturated rings. The Bertz CT molecular complexity index is 1190.